The minimum Gasteiger partial charge on any atom is -0.444 e. The minimum atomic E-state index is -4.48. The minimum absolute atomic E-state index is 0.0535. The van der Waals surface area contributed by atoms with E-state index in [0.717, 1.165) is 17.7 Å². The van der Waals surface area contributed by atoms with Gasteiger partial charge in [-0.15, -0.1) is 0 Å². The average Bonchev–Trinajstić information content (AvgIpc) is 3.11. The standard InChI is InChI=1S/C30H39BF3N3O6/c1-7-8-23(37-27(40)42-28(2,3)4)26(39)36-24(16-11-18-9-12-19(13-10-18)30(32,33)34)25(38)35-20-14-15-21-22(17-20)31(41)43-29(21,5)6/h9-10,12-15,17,23-24,41H,7-8,11,16H2,1-6H3,(H,35,38)(H,36,39)(H,37,40). The van der Waals surface area contributed by atoms with E-state index in [4.69, 9.17) is 9.39 Å². The summed E-state index contributed by atoms with van der Waals surface area (Å²) < 4.78 is 49.8. The van der Waals surface area contributed by atoms with Crippen molar-refractivity contribution in [1.82, 2.24) is 10.6 Å². The molecule has 0 spiro atoms. The molecule has 1 aliphatic heterocycles. The molecule has 0 aliphatic carbocycles. The molecule has 0 saturated carbocycles. The van der Waals surface area contributed by atoms with Crippen molar-refractivity contribution in [2.75, 3.05) is 5.32 Å². The SMILES string of the molecule is CCCC(NC(=O)OC(C)(C)C)C(=O)NC(CCc1ccc(C(F)(F)F)cc1)C(=O)Nc1ccc2c(c1)B(O)OC2(C)C. The van der Waals surface area contributed by atoms with Crippen LogP contribution in [0.4, 0.5) is 23.7 Å². The van der Waals surface area contributed by atoms with Crippen molar-refractivity contribution >= 4 is 36.2 Å². The van der Waals surface area contributed by atoms with Crippen LogP contribution in [0.1, 0.15) is 77.5 Å². The maximum absolute atomic E-state index is 13.5. The molecule has 3 amide bonds. The van der Waals surface area contributed by atoms with Gasteiger partial charge < -0.3 is 30.4 Å². The summed E-state index contributed by atoms with van der Waals surface area (Å²) >= 11 is 0. The van der Waals surface area contributed by atoms with E-state index in [-0.39, 0.29) is 19.3 Å². The highest BCUT2D eigenvalue weighted by atomic mass is 19.4. The molecule has 9 nitrogen and oxygen atoms in total. The third-order valence-electron chi connectivity index (χ3n) is 6.86. The van der Waals surface area contributed by atoms with Crippen LogP contribution in [0.3, 0.4) is 0 Å². The number of alkyl carbamates (subject to hydrolysis) is 1. The highest BCUT2D eigenvalue weighted by molar-refractivity contribution is 6.62. The zero-order chi connectivity index (χ0) is 32.2. The lowest BCUT2D eigenvalue weighted by molar-refractivity contribution is -0.137. The number of hydrogen-bond acceptors (Lipinski definition) is 6. The number of carbonyl (C=O) groups excluding carboxylic acids is 3. The van der Waals surface area contributed by atoms with Crippen LogP contribution in [0.25, 0.3) is 0 Å². The first-order valence-electron chi connectivity index (χ1n) is 14.2. The molecule has 0 radical (unpaired) electrons. The first-order valence-corrected chi connectivity index (χ1v) is 14.2. The molecule has 4 N–H and O–H groups in total. The van der Waals surface area contributed by atoms with Gasteiger partial charge in [-0.05, 0) is 94.7 Å². The molecule has 2 aromatic rings. The van der Waals surface area contributed by atoms with Crippen molar-refractivity contribution in [3.63, 3.8) is 0 Å². The highest BCUT2D eigenvalue weighted by Crippen LogP contribution is 2.31. The lowest BCUT2D eigenvalue weighted by Gasteiger charge is -2.25. The molecule has 2 atom stereocenters. The van der Waals surface area contributed by atoms with Gasteiger partial charge in [0.1, 0.15) is 17.7 Å². The van der Waals surface area contributed by atoms with Crippen LogP contribution in [0.5, 0.6) is 0 Å². The van der Waals surface area contributed by atoms with Crippen molar-refractivity contribution in [3.05, 3.63) is 59.2 Å². The fourth-order valence-electron chi connectivity index (χ4n) is 4.75. The molecule has 0 saturated heterocycles. The van der Waals surface area contributed by atoms with E-state index in [1.807, 2.05) is 20.8 Å². The lowest BCUT2D eigenvalue weighted by Crippen LogP contribution is -2.53. The van der Waals surface area contributed by atoms with Gasteiger partial charge in [-0.3, -0.25) is 9.59 Å². The Morgan fingerprint density at radius 3 is 2.19 bits per heavy atom. The van der Waals surface area contributed by atoms with Gasteiger partial charge in [-0.25, -0.2) is 4.79 Å². The highest BCUT2D eigenvalue weighted by Gasteiger charge is 2.40. The van der Waals surface area contributed by atoms with Gasteiger partial charge in [0.05, 0.1) is 11.2 Å². The number of alkyl halides is 3. The van der Waals surface area contributed by atoms with Crippen molar-refractivity contribution < 1.29 is 42.0 Å². The first-order chi connectivity index (χ1) is 19.9. The monoisotopic (exact) mass is 605 g/mol. The molecule has 2 unspecified atom stereocenters. The summed E-state index contributed by atoms with van der Waals surface area (Å²) in [5.74, 6) is -1.19. The summed E-state index contributed by atoms with van der Waals surface area (Å²) in [4.78, 5) is 39.2. The topological polar surface area (TPSA) is 126 Å². The normalized spacial score (nSPS) is 15.7. The average molecular weight is 605 g/mol. The molecule has 0 bridgehead atoms. The number of anilines is 1. The fraction of sp³-hybridized carbons (Fsp3) is 0.500. The van der Waals surface area contributed by atoms with E-state index >= 15 is 0 Å². The van der Waals surface area contributed by atoms with Crippen LogP contribution in [0.2, 0.25) is 0 Å². The molecule has 0 fully saturated rings. The maximum Gasteiger partial charge on any atom is 0.492 e. The summed E-state index contributed by atoms with van der Waals surface area (Å²) in [6, 6.07) is 7.45. The first kappa shape index (κ1) is 33.9. The number of carbonyl (C=O) groups is 3. The molecule has 13 heteroatoms. The summed E-state index contributed by atoms with van der Waals surface area (Å²) in [7, 11) is -1.18. The number of nitrogens with one attached hydrogen (secondary N) is 3. The molecule has 43 heavy (non-hydrogen) atoms. The Morgan fingerprint density at radius 2 is 1.60 bits per heavy atom. The number of ether oxygens (including phenoxy) is 1. The van der Waals surface area contributed by atoms with Gasteiger partial charge in [-0.1, -0.05) is 31.5 Å². The summed E-state index contributed by atoms with van der Waals surface area (Å²) in [6.07, 6.45) is -4.21. The predicted octanol–water partition coefficient (Wildman–Crippen LogP) is 4.41. The Balaban J connectivity index is 1.80. The molecule has 2 aromatic carbocycles. The van der Waals surface area contributed by atoms with Crippen molar-refractivity contribution in [2.24, 2.45) is 0 Å². The van der Waals surface area contributed by atoms with Crippen molar-refractivity contribution in [1.29, 1.82) is 0 Å². The molecular formula is C30H39BF3N3O6. The van der Waals surface area contributed by atoms with Crippen LogP contribution >= 0.6 is 0 Å². The Hall–Kier alpha value is -3.58. The van der Waals surface area contributed by atoms with E-state index in [9.17, 15) is 32.6 Å². The molecule has 0 aromatic heterocycles. The zero-order valence-electron chi connectivity index (χ0n) is 25.2. The number of rotatable bonds is 10. The maximum atomic E-state index is 13.5. The van der Waals surface area contributed by atoms with Crippen LogP contribution in [0.15, 0.2) is 42.5 Å². The lowest BCUT2D eigenvalue weighted by atomic mass is 9.78. The van der Waals surface area contributed by atoms with Gasteiger partial charge in [0.15, 0.2) is 0 Å². The smallest absolute Gasteiger partial charge is 0.444 e. The quantitative estimate of drug-likeness (QED) is 0.298. The van der Waals surface area contributed by atoms with Crippen LogP contribution in [-0.2, 0) is 37.2 Å². The third kappa shape index (κ3) is 9.46. The molecular weight excluding hydrogens is 566 g/mol. The van der Waals surface area contributed by atoms with Gasteiger partial charge in [-0.2, -0.15) is 13.2 Å². The van der Waals surface area contributed by atoms with Crippen LogP contribution in [-0.4, -0.2) is 47.7 Å². The zero-order valence-corrected chi connectivity index (χ0v) is 25.2. The largest absolute Gasteiger partial charge is 0.492 e. The third-order valence-corrected chi connectivity index (χ3v) is 6.86. The van der Waals surface area contributed by atoms with Crippen LogP contribution in [0, 0.1) is 0 Å². The van der Waals surface area contributed by atoms with E-state index < -0.39 is 60.1 Å². The van der Waals surface area contributed by atoms with Gasteiger partial charge >= 0.3 is 19.4 Å². The molecule has 1 aliphatic rings. The second kappa shape index (κ2) is 13.4. The summed E-state index contributed by atoms with van der Waals surface area (Å²) in [5, 5.41) is 18.3. The number of fused-ring (bicyclic) bond motifs is 1. The Morgan fingerprint density at radius 1 is 0.977 bits per heavy atom. The number of benzene rings is 2. The van der Waals surface area contributed by atoms with E-state index in [1.165, 1.54) is 12.1 Å². The number of hydrogen-bond donors (Lipinski definition) is 4. The van der Waals surface area contributed by atoms with E-state index in [1.54, 1.807) is 39.0 Å². The molecule has 3 rings (SSSR count). The Bertz CT molecular complexity index is 1310. The predicted molar refractivity (Wildman–Crippen MR) is 157 cm³/mol. The van der Waals surface area contributed by atoms with Crippen LogP contribution < -0.4 is 21.4 Å². The number of aryl methyl sites for hydroxylation is 1. The Kier molecular flexibility index (Phi) is 10.6. The van der Waals surface area contributed by atoms with Crippen molar-refractivity contribution in [2.45, 2.75) is 96.7 Å². The van der Waals surface area contributed by atoms with E-state index in [2.05, 4.69) is 16.0 Å². The number of amides is 3. The summed E-state index contributed by atoms with van der Waals surface area (Å²) in [5.41, 5.74) is -0.137. The molecule has 1 heterocycles. The summed E-state index contributed by atoms with van der Waals surface area (Å²) in [6.45, 7) is 10.5. The van der Waals surface area contributed by atoms with Gasteiger partial charge in [0.25, 0.3) is 0 Å². The Labute approximate surface area is 250 Å². The molecule has 234 valence electrons. The van der Waals surface area contributed by atoms with Crippen molar-refractivity contribution in [3.8, 4) is 0 Å². The van der Waals surface area contributed by atoms with E-state index in [0.29, 0.717) is 23.1 Å². The second-order valence-electron chi connectivity index (χ2n) is 12.1. The fourth-order valence-corrected chi connectivity index (χ4v) is 4.75. The number of halogens is 3. The van der Waals surface area contributed by atoms with Gasteiger partial charge in [0.2, 0.25) is 11.8 Å². The van der Waals surface area contributed by atoms with Gasteiger partial charge in [0, 0.05) is 5.69 Å². The second-order valence-corrected chi connectivity index (χ2v) is 12.1.